The zero-order valence-electron chi connectivity index (χ0n) is 16.6. The molecule has 0 unspecified atom stereocenters. The monoisotopic (exact) mass is 440 g/mol. The summed E-state index contributed by atoms with van der Waals surface area (Å²) in [5.41, 5.74) is 4.84. The van der Waals surface area contributed by atoms with E-state index in [1.165, 1.54) is 22.9 Å². The van der Waals surface area contributed by atoms with Gasteiger partial charge in [-0.05, 0) is 18.1 Å². The van der Waals surface area contributed by atoms with E-state index in [0.29, 0.717) is 17.3 Å². The summed E-state index contributed by atoms with van der Waals surface area (Å²) in [6, 6.07) is 15.4. The molecule has 31 heavy (non-hydrogen) atoms. The Morgan fingerprint density at radius 1 is 1.23 bits per heavy atom. The van der Waals surface area contributed by atoms with E-state index < -0.39 is 4.92 Å². The maximum atomic E-state index is 12.2. The SMILES string of the molecule is CC/C(=N\Nc1nnc(SCC(=O)Nc2cccc([N+](=O)[O-])c2)n1N)c1ccccc1. The molecule has 0 aliphatic rings. The predicted molar refractivity (Wildman–Crippen MR) is 120 cm³/mol. The van der Waals surface area contributed by atoms with Crippen LogP contribution in [0, 0.1) is 10.1 Å². The van der Waals surface area contributed by atoms with Gasteiger partial charge >= 0.3 is 0 Å². The number of hydrogen-bond donors (Lipinski definition) is 3. The molecule has 160 valence electrons. The average Bonchev–Trinajstić information content (AvgIpc) is 3.13. The number of nitrogens with two attached hydrogens (primary N) is 1. The Balaban J connectivity index is 1.59. The number of thioether (sulfide) groups is 1. The Kier molecular flexibility index (Phi) is 7.17. The van der Waals surface area contributed by atoms with Gasteiger partial charge in [0, 0.05) is 17.8 Å². The van der Waals surface area contributed by atoms with Crippen molar-refractivity contribution in [1.82, 2.24) is 14.9 Å². The van der Waals surface area contributed by atoms with Crippen LogP contribution < -0.4 is 16.6 Å². The molecule has 1 heterocycles. The van der Waals surface area contributed by atoms with Gasteiger partial charge in [0.2, 0.25) is 11.1 Å². The van der Waals surface area contributed by atoms with Gasteiger partial charge in [0.05, 0.1) is 16.4 Å². The van der Waals surface area contributed by atoms with Crippen LogP contribution in [0.25, 0.3) is 0 Å². The molecule has 3 rings (SSSR count). The molecule has 0 bridgehead atoms. The standard InChI is InChI=1S/C19H20N8O3S/c1-2-16(13-7-4-3-5-8-13)22-23-18-24-25-19(26(18)20)31-12-17(28)21-14-9-6-10-15(11-14)27(29)30/h3-11H,2,12,20H2,1H3,(H,21,28)(H,23,24)/b22-16+. The molecule has 0 aliphatic heterocycles. The number of anilines is 2. The third-order valence-corrected chi connectivity index (χ3v) is 5.01. The Labute approximate surface area is 181 Å². The number of amides is 1. The summed E-state index contributed by atoms with van der Waals surface area (Å²) in [6.07, 6.45) is 0.704. The number of nitrogens with zero attached hydrogens (tertiary/aromatic N) is 5. The topological polar surface area (TPSA) is 153 Å². The number of hydrogen-bond acceptors (Lipinski definition) is 9. The Morgan fingerprint density at radius 3 is 2.71 bits per heavy atom. The minimum absolute atomic E-state index is 0.00841. The molecule has 0 saturated carbocycles. The first-order chi connectivity index (χ1) is 15.0. The van der Waals surface area contributed by atoms with Gasteiger partial charge in [0.15, 0.2) is 0 Å². The number of benzene rings is 2. The highest BCUT2D eigenvalue weighted by molar-refractivity contribution is 7.99. The van der Waals surface area contributed by atoms with Crippen LogP contribution in [-0.2, 0) is 4.79 Å². The molecule has 1 aromatic heterocycles. The van der Waals surface area contributed by atoms with Crippen molar-refractivity contribution < 1.29 is 9.72 Å². The van der Waals surface area contributed by atoms with E-state index in [2.05, 4.69) is 26.0 Å². The zero-order chi connectivity index (χ0) is 22.2. The van der Waals surface area contributed by atoms with Crippen molar-refractivity contribution in [3.63, 3.8) is 0 Å². The van der Waals surface area contributed by atoms with Gasteiger partial charge in [-0.1, -0.05) is 55.1 Å². The number of carbonyl (C=O) groups is 1. The lowest BCUT2D eigenvalue weighted by molar-refractivity contribution is -0.384. The number of non-ortho nitro benzene ring substituents is 1. The highest BCUT2D eigenvalue weighted by atomic mass is 32.2. The van der Waals surface area contributed by atoms with Crippen LogP contribution in [0.2, 0.25) is 0 Å². The van der Waals surface area contributed by atoms with Crippen LogP contribution in [-0.4, -0.2) is 37.2 Å². The summed E-state index contributed by atoms with van der Waals surface area (Å²) < 4.78 is 1.20. The number of nitrogen functional groups attached to an aromatic ring is 1. The molecule has 0 radical (unpaired) electrons. The minimum Gasteiger partial charge on any atom is -0.334 e. The van der Waals surface area contributed by atoms with Crippen molar-refractivity contribution in [2.45, 2.75) is 18.5 Å². The van der Waals surface area contributed by atoms with Gasteiger partial charge in [0.1, 0.15) is 0 Å². The number of aromatic nitrogens is 3. The third-order valence-electron chi connectivity index (χ3n) is 4.07. The van der Waals surface area contributed by atoms with Crippen LogP contribution in [0.15, 0.2) is 64.9 Å². The number of carbonyl (C=O) groups excluding carboxylic acids is 1. The second-order valence-electron chi connectivity index (χ2n) is 6.21. The van der Waals surface area contributed by atoms with E-state index >= 15 is 0 Å². The molecule has 0 aliphatic carbocycles. The predicted octanol–water partition coefficient (Wildman–Crippen LogP) is 2.86. The smallest absolute Gasteiger partial charge is 0.271 e. The van der Waals surface area contributed by atoms with Gasteiger partial charge < -0.3 is 11.2 Å². The fourth-order valence-corrected chi connectivity index (χ4v) is 3.23. The molecule has 0 saturated heterocycles. The molecule has 12 heteroatoms. The lowest BCUT2D eigenvalue weighted by atomic mass is 10.1. The second kappa shape index (κ2) is 10.2. The second-order valence-corrected chi connectivity index (χ2v) is 7.15. The van der Waals surface area contributed by atoms with E-state index in [1.54, 1.807) is 6.07 Å². The molecule has 1 amide bonds. The summed E-state index contributed by atoms with van der Waals surface area (Å²) >= 11 is 1.07. The average molecular weight is 440 g/mol. The van der Waals surface area contributed by atoms with E-state index in [-0.39, 0.29) is 23.3 Å². The van der Waals surface area contributed by atoms with Crippen molar-refractivity contribution in [3.8, 4) is 0 Å². The van der Waals surface area contributed by atoms with E-state index in [9.17, 15) is 14.9 Å². The normalized spacial score (nSPS) is 11.2. The van der Waals surface area contributed by atoms with Crippen molar-refractivity contribution in [1.29, 1.82) is 0 Å². The van der Waals surface area contributed by atoms with Crippen LogP contribution >= 0.6 is 11.8 Å². The molecule has 0 atom stereocenters. The van der Waals surface area contributed by atoms with Crippen LogP contribution in [0.1, 0.15) is 18.9 Å². The summed E-state index contributed by atoms with van der Waals surface area (Å²) in [6.45, 7) is 1.99. The maximum absolute atomic E-state index is 12.2. The van der Waals surface area contributed by atoms with Crippen LogP contribution in [0.3, 0.4) is 0 Å². The Bertz CT molecular complexity index is 1100. The lowest BCUT2D eigenvalue weighted by Crippen LogP contribution is -2.17. The van der Waals surface area contributed by atoms with Gasteiger partial charge in [-0.3, -0.25) is 14.9 Å². The summed E-state index contributed by atoms with van der Waals surface area (Å²) in [5, 5.41) is 26.0. The van der Waals surface area contributed by atoms with Crippen molar-refractivity contribution in [2.24, 2.45) is 5.10 Å². The molecule has 0 spiro atoms. The fraction of sp³-hybridized carbons (Fsp3) is 0.158. The number of rotatable bonds is 9. The molecule has 11 nitrogen and oxygen atoms in total. The highest BCUT2D eigenvalue weighted by Gasteiger charge is 2.13. The molecule has 3 aromatic rings. The summed E-state index contributed by atoms with van der Waals surface area (Å²) in [5.74, 6) is 5.85. The fourth-order valence-electron chi connectivity index (χ4n) is 2.57. The van der Waals surface area contributed by atoms with Crippen molar-refractivity contribution in [3.05, 3.63) is 70.3 Å². The van der Waals surface area contributed by atoms with Gasteiger partial charge in [0.25, 0.3) is 11.6 Å². The number of nitrogens with one attached hydrogen (secondary N) is 2. The lowest BCUT2D eigenvalue weighted by Gasteiger charge is -2.06. The Hall–Kier alpha value is -3.93. The van der Waals surface area contributed by atoms with Crippen molar-refractivity contribution >= 4 is 40.7 Å². The first kappa shape index (κ1) is 21.8. The molecule has 2 aromatic carbocycles. The number of nitro groups is 1. The molecular formula is C19H20N8O3S. The van der Waals surface area contributed by atoms with Gasteiger partial charge in [-0.2, -0.15) is 5.10 Å². The van der Waals surface area contributed by atoms with E-state index in [0.717, 1.165) is 23.0 Å². The molecule has 0 fully saturated rings. The summed E-state index contributed by atoms with van der Waals surface area (Å²) in [4.78, 5) is 22.5. The molecule has 4 N–H and O–H groups in total. The van der Waals surface area contributed by atoms with Gasteiger partial charge in [-0.15, -0.1) is 10.2 Å². The third kappa shape index (κ3) is 5.79. The number of nitro benzene ring substituents is 1. The maximum Gasteiger partial charge on any atom is 0.271 e. The largest absolute Gasteiger partial charge is 0.334 e. The zero-order valence-corrected chi connectivity index (χ0v) is 17.4. The van der Waals surface area contributed by atoms with Gasteiger partial charge in [-0.25, -0.2) is 10.1 Å². The number of hydrazone groups is 1. The summed E-state index contributed by atoms with van der Waals surface area (Å²) in [7, 11) is 0. The first-order valence-electron chi connectivity index (χ1n) is 9.23. The van der Waals surface area contributed by atoms with Crippen LogP contribution in [0.4, 0.5) is 17.3 Å². The Morgan fingerprint density at radius 2 is 2.00 bits per heavy atom. The minimum atomic E-state index is -0.528. The first-order valence-corrected chi connectivity index (χ1v) is 10.2. The van der Waals surface area contributed by atoms with E-state index in [4.69, 9.17) is 5.84 Å². The quantitative estimate of drug-likeness (QED) is 0.151. The highest BCUT2D eigenvalue weighted by Crippen LogP contribution is 2.20. The van der Waals surface area contributed by atoms with E-state index in [1.807, 2.05) is 37.3 Å². The van der Waals surface area contributed by atoms with Crippen LogP contribution in [0.5, 0.6) is 0 Å². The van der Waals surface area contributed by atoms with Crippen molar-refractivity contribution in [2.75, 3.05) is 22.3 Å². The molecular weight excluding hydrogens is 420 g/mol.